The Morgan fingerprint density at radius 3 is 2.53 bits per heavy atom. The summed E-state index contributed by atoms with van der Waals surface area (Å²) in [7, 11) is 1.88. The number of carbonyl (C=O) groups excluding carboxylic acids is 1. The molecule has 6 nitrogen and oxygen atoms in total. The number of para-hydroxylation sites is 1. The fourth-order valence-corrected chi connectivity index (χ4v) is 3.99. The molecule has 4 rings (SSSR count). The van der Waals surface area contributed by atoms with Crippen LogP contribution >= 0.6 is 0 Å². The molecular formula is C26H29N5O. The summed E-state index contributed by atoms with van der Waals surface area (Å²) in [6, 6.07) is 16.2. The predicted octanol–water partition coefficient (Wildman–Crippen LogP) is 2.63. The maximum Gasteiger partial charge on any atom is 0.253 e. The van der Waals surface area contributed by atoms with E-state index in [0.29, 0.717) is 18.7 Å². The third-order valence-electron chi connectivity index (χ3n) is 5.72. The zero-order chi connectivity index (χ0) is 22.5. The SMILES string of the molecule is C=c1[nH]c(C)n/c1=C\C=C\c1cc(C(=O)N2CCN(c3ccccc3)CC2)ccc1NC. The minimum atomic E-state index is 0.0713. The number of aryl methyl sites for hydroxylation is 1. The van der Waals surface area contributed by atoms with Crippen LogP contribution in [0.3, 0.4) is 0 Å². The van der Waals surface area contributed by atoms with E-state index in [4.69, 9.17) is 0 Å². The van der Waals surface area contributed by atoms with Crippen LogP contribution < -0.4 is 20.9 Å². The summed E-state index contributed by atoms with van der Waals surface area (Å²) in [5, 5.41) is 4.80. The van der Waals surface area contributed by atoms with Crippen LogP contribution in [0.2, 0.25) is 0 Å². The Bertz CT molecular complexity index is 1220. The molecule has 1 amide bonds. The highest BCUT2D eigenvalue weighted by atomic mass is 16.2. The molecule has 2 heterocycles. The normalized spacial score (nSPS) is 14.9. The van der Waals surface area contributed by atoms with Gasteiger partial charge < -0.3 is 20.1 Å². The number of piperazine rings is 1. The van der Waals surface area contributed by atoms with Crippen molar-refractivity contribution < 1.29 is 4.79 Å². The van der Waals surface area contributed by atoms with Gasteiger partial charge in [-0.3, -0.25) is 4.79 Å². The predicted molar refractivity (Wildman–Crippen MR) is 132 cm³/mol. The molecule has 2 aromatic carbocycles. The van der Waals surface area contributed by atoms with Crippen LogP contribution in [0.25, 0.3) is 18.7 Å². The lowest BCUT2D eigenvalue weighted by Gasteiger charge is -2.36. The number of nitrogens with one attached hydrogen (secondary N) is 2. The largest absolute Gasteiger partial charge is 0.388 e. The second-order valence-electron chi connectivity index (χ2n) is 7.88. The molecule has 1 aliphatic heterocycles. The van der Waals surface area contributed by atoms with Crippen LogP contribution in [0.4, 0.5) is 11.4 Å². The minimum absolute atomic E-state index is 0.0713. The summed E-state index contributed by atoms with van der Waals surface area (Å²) in [5.74, 6) is 0.910. The Morgan fingerprint density at radius 2 is 1.88 bits per heavy atom. The highest BCUT2D eigenvalue weighted by Gasteiger charge is 2.22. The van der Waals surface area contributed by atoms with Crippen LogP contribution in [-0.4, -0.2) is 54.0 Å². The van der Waals surface area contributed by atoms with Gasteiger partial charge in [-0.25, -0.2) is 4.98 Å². The zero-order valence-corrected chi connectivity index (χ0v) is 18.6. The van der Waals surface area contributed by atoms with Crippen molar-refractivity contribution >= 4 is 36.0 Å². The van der Waals surface area contributed by atoms with Crippen molar-refractivity contribution in [2.75, 3.05) is 43.4 Å². The lowest BCUT2D eigenvalue weighted by atomic mass is 10.1. The molecule has 0 bridgehead atoms. The van der Waals surface area contributed by atoms with Crippen molar-refractivity contribution in [3.05, 3.63) is 82.3 Å². The third-order valence-corrected chi connectivity index (χ3v) is 5.72. The Balaban J connectivity index is 1.49. The summed E-state index contributed by atoms with van der Waals surface area (Å²) in [4.78, 5) is 24.9. The maximum atomic E-state index is 13.2. The highest BCUT2D eigenvalue weighted by Crippen LogP contribution is 2.21. The van der Waals surface area contributed by atoms with Crippen molar-refractivity contribution in [1.82, 2.24) is 14.9 Å². The fourth-order valence-electron chi connectivity index (χ4n) is 3.99. The molecule has 32 heavy (non-hydrogen) atoms. The van der Waals surface area contributed by atoms with Crippen LogP contribution in [0.15, 0.2) is 54.6 Å². The molecule has 0 atom stereocenters. The van der Waals surface area contributed by atoms with E-state index < -0.39 is 0 Å². The first-order valence-electron chi connectivity index (χ1n) is 10.9. The van der Waals surface area contributed by atoms with E-state index in [1.165, 1.54) is 5.69 Å². The number of imidazole rings is 1. The van der Waals surface area contributed by atoms with Crippen molar-refractivity contribution in [3.63, 3.8) is 0 Å². The molecular weight excluding hydrogens is 398 g/mol. The lowest BCUT2D eigenvalue weighted by Crippen LogP contribution is -2.48. The van der Waals surface area contributed by atoms with E-state index in [1.54, 1.807) is 0 Å². The third kappa shape index (κ3) is 4.75. The number of rotatable bonds is 5. The first-order valence-corrected chi connectivity index (χ1v) is 10.9. The molecule has 2 N–H and O–H groups in total. The molecule has 6 heteroatoms. The Labute approximate surface area is 188 Å². The number of anilines is 2. The van der Waals surface area contributed by atoms with Gasteiger partial charge in [0.1, 0.15) is 5.82 Å². The molecule has 1 fully saturated rings. The van der Waals surface area contributed by atoms with Gasteiger partial charge in [-0.05, 0) is 48.9 Å². The summed E-state index contributed by atoms with van der Waals surface area (Å²) < 4.78 is 0. The van der Waals surface area contributed by atoms with Gasteiger partial charge in [0.25, 0.3) is 5.91 Å². The standard InChI is InChI=1S/C26H29N5O/c1-19-24(29-20(2)28-19)11-7-8-21-18-22(12-13-25(21)27-3)26(32)31-16-14-30(15-17-31)23-9-5-4-6-10-23/h4-13,18,27H,1,14-17H2,2-3H3,(H,28,29)/b8-7+,24-11-. The number of hydrogen-bond acceptors (Lipinski definition) is 4. The van der Waals surface area contributed by atoms with Crippen molar-refractivity contribution in [1.29, 1.82) is 0 Å². The zero-order valence-electron chi connectivity index (χ0n) is 18.6. The number of aromatic nitrogens is 2. The van der Waals surface area contributed by atoms with E-state index >= 15 is 0 Å². The maximum absolute atomic E-state index is 13.2. The molecule has 0 unspecified atom stereocenters. The molecule has 3 aromatic rings. The van der Waals surface area contributed by atoms with Crippen LogP contribution in [0.5, 0.6) is 0 Å². The average Bonchev–Trinajstić information content (AvgIpc) is 3.15. The van der Waals surface area contributed by atoms with Crippen LogP contribution in [0, 0.1) is 6.92 Å². The molecule has 1 aliphatic rings. The monoisotopic (exact) mass is 427 g/mol. The number of nitrogens with zero attached hydrogens (tertiary/aromatic N) is 3. The van der Waals surface area contributed by atoms with E-state index in [1.807, 2.05) is 73.5 Å². The molecule has 1 aromatic heterocycles. The van der Waals surface area contributed by atoms with Crippen molar-refractivity contribution in [3.8, 4) is 0 Å². The number of benzene rings is 2. The van der Waals surface area contributed by atoms with Crippen molar-refractivity contribution in [2.45, 2.75) is 6.92 Å². The van der Waals surface area contributed by atoms with Gasteiger partial charge in [-0.15, -0.1) is 0 Å². The Hall–Kier alpha value is -3.80. The van der Waals surface area contributed by atoms with Gasteiger partial charge >= 0.3 is 0 Å². The summed E-state index contributed by atoms with van der Waals surface area (Å²) in [6.07, 6.45) is 5.84. The molecule has 0 radical (unpaired) electrons. The van der Waals surface area contributed by atoms with Gasteiger partial charge in [-0.1, -0.05) is 36.9 Å². The smallest absolute Gasteiger partial charge is 0.253 e. The van der Waals surface area contributed by atoms with Gasteiger partial charge in [0, 0.05) is 50.2 Å². The van der Waals surface area contributed by atoms with E-state index in [0.717, 1.165) is 40.9 Å². The first-order chi connectivity index (χ1) is 15.5. The number of allylic oxidation sites excluding steroid dienone is 1. The molecule has 1 saturated heterocycles. The van der Waals surface area contributed by atoms with E-state index in [9.17, 15) is 4.79 Å². The Kier molecular flexibility index (Phi) is 6.40. The number of hydrogen-bond donors (Lipinski definition) is 2. The Morgan fingerprint density at radius 1 is 1.12 bits per heavy atom. The highest BCUT2D eigenvalue weighted by molar-refractivity contribution is 5.96. The van der Waals surface area contributed by atoms with Crippen LogP contribution in [-0.2, 0) is 0 Å². The topological polar surface area (TPSA) is 64.3 Å². The van der Waals surface area contributed by atoms with Crippen LogP contribution in [0.1, 0.15) is 21.7 Å². The number of H-pyrrole nitrogens is 1. The molecule has 164 valence electrons. The minimum Gasteiger partial charge on any atom is -0.388 e. The van der Waals surface area contributed by atoms with Gasteiger partial charge in [-0.2, -0.15) is 0 Å². The lowest BCUT2D eigenvalue weighted by molar-refractivity contribution is 0.0747. The number of amides is 1. The van der Waals surface area contributed by atoms with Gasteiger partial charge in [0.05, 0.1) is 10.7 Å². The molecule has 0 spiro atoms. The summed E-state index contributed by atoms with van der Waals surface area (Å²) in [6.45, 7) is 8.97. The second-order valence-corrected chi connectivity index (χ2v) is 7.88. The van der Waals surface area contributed by atoms with E-state index in [-0.39, 0.29) is 5.91 Å². The average molecular weight is 428 g/mol. The van der Waals surface area contributed by atoms with Gasteiger partial charge in [0.2, 0.25) is 0 Å². The summed E-state index contributed by atoms with van der Waals surface area (Å²) in [5.41, 5.74) is 3.83. The van der Waals surface area contributed by atoms with Gasteiger partial charge in [0.15, 0.2) is 0 Å². The summed E-state index contributed by atoms with van der Waals surface area (Å²) >= 11 is 0. The quantitative estimate of drug-likeness (QED) is 0.657. The molecule has 0 saturated carbocycles. The van der Waals surface area contributed by atoms with Crippen molar-refractivity contribution in [2.24, 2.45) is 0 Å². The molecule has 0 aliphatic carbocycles. The first kappa shape index (κ1) is 21.4. The second kappa shape index (κ2) is 9.56. The fraction of sp³-hybridized carbons (Fsp3) is 0.231. The number of carbonyl (C=O) groups is 1. The number of aromatic amines is 1. The van der Waals surface area contributed by atoms with E-state index in [2.05, 4.69) is 38.9 Å².